The van der Waals surface area contributed by atoms with E-state index in [0.29, 0.717) is 25.3 Å². The number of fused-ring (bicyclic) bond motifs is 2. The number of aromatic nitrogens is 2. The molecule has 31 heavy (non-hydrogen) atoms. The van der Waals surface area contributed by atoms with E-state index < -0.39 is 0 Å². The molecule has 1 aromatic carbocycles. The monoisotopic (exact) mass is 436 g/mol. The van der Waals surface area contributed by atoms with Crippen molar-refractivity contribution < 1.29 is 14.6 Å². The zero-order valence-electron chi connectivity index (χ0n) is 17.5. The van der Waals surface area contributed by atoms with Gasteiger partial charge in [0.1, 0.15) is 18.1 Å². The maximum Gasteiger partial charge on any atom is 0.271 e. The fourth-order valence-electron chi connectivity index (χ4n) is 4.03. The molecule has 7 nitrogen and oxygen atoms in total. The highest BCUT2D eigenvalue weighted by atomic mass is 32.1. The molecule has 160 valence electrons. The summed E-state index contributed by atoms with van der Waals surface area (Å²) in [6, 6.07) is 11.8. The van der Waals surface area contributed by atoms with E-state index in [0.717, 1.165) is 44.8 Å². The molecular formula is C23H24N4O3S. The number of thiazole rings is 1. The third-order valence-corrected chi connectivity index (χ3v) is 6.56. The van der Waals surface area contributed by atoms with Crippen molar-refractivity contribution >= 4 is 28.1 Å². The fourth-order valence-corrected chi connectivity index (χ4v) is 5.36. The van der Waals surface area contributed by atoms with E-state index in [1.807, 2.05) is 44.2 Å². The lowest BCUT2D eigenvalue weighted by Crippen LogP contribution is -2.48. The van der Waals surface area contributed by atoms with E-state index in [2.05, 4.69) is 21.3 Å². The number of hydrogen-bond acceptors (Lipinski definition) is 7. The Balaban J connectivity index is 1.53. The summed E-state index contributed by atoms with van der Waals surface area (Å²) in [7, 11) is 0. The van der Waals surface area contributed by atoms with Crippen LogP contribution in [0.1, 0.15) is 34.9 Å². The summed E-state index contributed by atoms with van der Waals surface area (Å²) in [6.07, 6.45) is 1.29. The first-order valence-electron chi connectivity index (χ1n) is 10.4. The van der Waals surface area contributed by atoms with E-state index in [-0.39, 0.29) is 18.1 Å². The predicted octanol–water partition coefficient (Wildman–Crippen LogP) is 3.33. The second kappa shape index (κ2) is 7.62. The van der Waals surface area contributed by atoms with Gasteiger partial charge in [0.05, 0.1) is 17.9 Å². The van der Waals surface area contributed by atoms with Crippen LogP contribution in [0.15, 0.2) is 36.4 Å². The molecule has 2 aromatic heterocycles. The largest absolute Gasteiger partial charge is 0.490 e. The third-order valence-electron chi connectivity index (χ3n) is 5.48. The predicted molar refractivity (Wildman–Crippen MR) is 120 cm³/mol. The van der Waals surface area contributed by atoms with Gasteiger partial charge in [-0.15, -0.1) is 11.3 Å². The van der Waals surface area contributed by atoms with Crippen LogP contribution < -0.4 is 15.0 Å². The molecule has 0 saturated carbocycles. The van der Waals surface area contributed by atoms with Crippen molar-refractivity contribution in [2.24, 2.45) is 0 Å². The Morgan fingerprint density at radius 3 is 2.97 bits per heavy atom. The first kappa shape index (κ1) is 20.0. The minimum absolute atomic E-state index is 0.0708. The molecule has 0 atom stereocenters. The Morgan fingerprint density at radius 1 is 1.26 bits per heavy atom. The highest BCUT2D eigenvalue weighted by molar-refractivity contribution is 7.16. The van der Waals surface area contributed by atoms with Crippen LogP contribution in [0.4, 0.5) is 10.8 Å². The number of nitrogens with zero attached hydrogens (tertiary/aromatic N) is 3. The molecular weight excluding hydrogens is 412 g/mol. The van der Waals surface area contributed by atoms with Crippen molar-refractivity contribution in [1.82, 2.24) is 15.3 Å². The normalized spacial score (nSPS) is 16.9. The molecule has 5 rings (SSSR count). The number of nitrogens with one attached hydrogen (secondary N) is 1. The van der Waals surface area contributed by atoms with E-state index in [1.165, 1.54) is 0 Å². The van der Waals surface area contributed by atoms with Crippen LogP contribution >= 0.6 is 11.3 Å². The molecule has 0 spiro atoms. The van der Waals surface area contributed by atoms with Crippen molar-refractivity contribution in [3.8, 4) is 17.0 Å². The lowest BCUT2D eigenvalue weighted by molar-refractivity contribution is 0.0893. The van der Waals surface area contributed by atoms with Gasteiger partial charge < -0.3 is 20.1 Å². The third kappa shape index (κ3) is 3.77. The van der Waals surface area contributed by atoms with Crippen LogP contribution in [0.2, 0.25) is 0 Å². The summed E-state index contributed by atoms with van der Waals surface area (Å²) in [4.78, 5) is 25.0. The summed E-state index contributed by atoms with van der Waals surface area (Å²) in [5.74, 6) is 0.681. The standard InChI is InChI=1S/C23H24N4O3S/c1-23(2)13-19-20(21(29)26-23)25-22(31-19)27-9-11-30-18-7-6-14(12-17(18)27)16-5-3-4-15(24-16)8-10-28/h3-7,12,28H,8-11,13H2,1-2H3,(H,26,29). The summed E-state index contributed by atoms with van der Waals surface area (Å²) >= 11 is 1.58. The molecule has 1 amide bonds. The first-order chi connectivity index (χ1) is 14.9. The van der Waals surface area contributed by atoms with Crippen LogP contribution in [-0.4, -0.2) is 46.3 Å². The number of carbonyl (C=O) groups excluding carboxylic acids is 1. The van der Waals surface area contributed by atoms with Crippen molar-refractivity contribution in [2.75, 3.05) is 24.7 Å². The quantitative estimate of drug-likeness (QED) is 0.652. The smallest absolute Gasteiger partial charge is 0.271 e. The lowest BCUT2D eigenvalue weighted by atomic mass is 9.95. The summed E-state index contributed by atoms with van der Waals surface area (Å²) < 4.78 is 5.89. The summed E-state index contributed by atoms with van der Waals surface area (Å²) in [6.45, 7) is 5.34. The molecule has 4 heterocycles. The molecule has 3 aromatic rings. The fraction of sp³-hybridized carbons (Fsp3) is 0.348. The van der Waals surface area contributed by atoms with Crippen molar-refractivity contribution in [3.05, 3.63) is 52.7 Å². The zero-order chi connectivity index (χ0) is 21.6. The van der Waals surface area contributed by atoms with Crippen molar-refractivity contribution in [1.29, 1.82) is 0 Å². The number of carbonyl (C=O) groups is 1. The second-order valence-corrected chi connectivity index (χ2v) is 9.52. The minimum Gasteiger partial charge on any atom is -0.490 e. The van der Waals surface area contributed by atoms with Gasteiger partial charge in [-0.1, -0.05) is 6.07 Å². The number of benzene rings is 1. The molecule has 0 unspecified atom stereocenters. The van der Waals surface area contributed by atoms with Crippen LogP contribution in [0, 0.1) is 0 Å². The SMILES string of the molecule is CC1(C)Cc2sc(N3CCOc4ccc(-c5cccc(CCO)n5)cc43)nc2C(=O)N1. The molecule has 0 saturated heterocycles. The van der Waals surface area contributed by atoms with Gasteiger partial charge in [0.15, 0.2) is 5.13 Å². The summed E-state index contributed by atoms with van der Waals surface area (Å²) in [5.41, 5.74) is 3.85. The molecule has 0 radical (unpaired) electrons. The number of ether oxygens (including phenoxy) is 1. The lowest BCUT2D eigenvalue weighted by Gasteiger charge is -2.29. The number of pyridine rings is 1. The molecule has 2 N–H and O–H groups in total. The van der Waals surface area contributed by atoms with Crippen LogP contribution in [0.5, 0.6) is 5.75 Å². The van der Waals surface area contributed by atoms with Crippen LogP contribution in [0.3, 0.4) is 0 Å². The number of amides is 1. The number of rotatable bonds is 4. The average molecular weight is 437 g/mol. The van der Waals surface area contributed by atoms with Gasteiger partial charge >= 0.3 is 0 Å². The van der Waals surface area contributed by atoms with Gasteiger partial charge in [0.25, 0.3) is 5.91 Å². The highest BCUT2D eigenvalue weighted by Gasteiger charge is 2.34. The Labute approximate surface area is 184 Å². The Bertz CT molecular complexity index is 1160. The molecule has 0 aliphatic carbocycles. The maximum absolute atomic E-state index is 12.5. The van der Waals surface area contributed by atoms with Gasteiger partial charge in [-0.3, -0.25) is 9.78 Å². The number of hydrogen-bond donors (Lipinski definition) is 2. The van der Waals surface area contributed by atoms with E-state index >= 15 is 0 Å². The first-order valence-corrected chi connectivity index (χ1v) is 11.2. The van der Waals surface area contributed by atoms with Crippen LogP contribution in [0.25, 0.3) is 11.3 Å². The van der Waals surface area contributed by atoms with Crippen molar-refractivity contribution in [3.63, 3.8) is 0 Å². The van der Waals surface area contributed by atoms with E-state index in [4.69, 9.17) is 9.72 Å². The van der Waals surface area contributed by atoms with E-state index in [1.54, 1.807) is 11.3 Å². The molecule has 0 bridgehead atoms. The van der Waals surface area contributed by atoms with Crippen molar-refractivity contribution in [2.45, 2.75) is 32.2 Å². The van der Waals surface area contributed by atoms with E-state index in [9.17, 15) is 9.90 Å². The Kier molecular flexibility index (Phi) is 4.91. The minimum atomic E-state index is -0.269. The van der Waals surface area contributed by atoms with Gasteiger partial charge in [-0.05, 0) is 44.2 Å². The average Bonchev–Trinajstić information content (AvgIpc) is 3.16. The summed E-state index contributed by atoms with van der Waals surface area (Å²) in [5, 5.41) is 13.1. The maximum atomic E-state index is 12.5. The number of anilines is 2. The van der Waals surface area contributed by atoms with Gasteiger partial charge in [-0.25, -0.2) is 4.98 Å². The molecule has 8 heteroatoms. The highest BCUT2D eigenvalue weighted by Crippen LogP contribution is 2.42. The van der Waals surface area contributed by atoms with Gasteiger partial charge in [0, 0.05) is 41.1 Å². The van der Waals surface area contributed by atoms with Gasteiger partial charge in [-0.2, -0.15) is 0 Å². The van der Waals surface area contributed by atoms with Crippen LogP contribution in [-0.2, 0) is 12.8 Å². The number of aliphatic hydroxyl groups excluding tert-OH is 1. The second-order valence-electron chi connectivity index (χ2n) is 8.45. The Hall–Kier alpha value is -2.97. The Morgan fingerprint density at radius 2 is 2.13 bits per heavy atom. The molecule has 2 aliphatic rings. The van der Waals surface area contributed by atoms with Gasteiger partial charge in [0.2, 0.25) is 0 Å². The number of aliphatic hydroxyl groups is 1. The zero-order valence-corrected chi connectivity index (χ0v) is 18.3. The molecule has 2 aliphatic heterocycles. The molecule has 0 fully saturated rings. The topological polar surface area (TPSA) is 87.6 Å².